The number of hydrogen-bond acceptors (Lipinski definition) is 3. The number of carbonyl (C=O) groups is 1. The van der Waals surface area contributed by atoms with Crippen LogP contribution in [0, 0.1) is 5.92 Å². The van der Waals surface area contributed by atoms with Crippen molar-refractivity contribution in [1.29, 1.82) is 0 Å². The van der Waals surface area contributed by atoms with Crippen molar-refractivity contribution in [3.05, 3.63) is 0 Å². The summed E-state index contributed by atoms with van der Waals surface area (Å²) in [6.45, 7) is 3.26. The van der Waals surface area contributed by atoms with E-state index in [9.17, 15) is 13.2 Å². The van der Waals surface area contributed by atoms with Gasteiger partial charge in [-0.15, -0.1) is 0 Å². The summed E-state index contributed by atoms with van der Waals surface area (Å²) in [5.74, 6) is -0.365. The lowest BCUT2D eigenvalue weighted by Gasteiger charge is -2.26. The minimum absolute atomic E-state index is 0.0204. The Morgan fingerprint density at radius 2 is 2.05 bits per heavy atom. The highest BCUT2D eigenvalue weighted by molar-refractivity contribution is 7.86. The van der Waals surface area contributed by atoms with Crippen LogP contribution in [0.2, 0.25) is 0 Å². The predicted octanol–water partition coefficient (Wildman–Crippen LogP) is 1.54. The van der Waals surface area contributed by atoms with E-state index in [1.807, 2.05) is 0 Å². The Bertz CT molecular complexity index is 411. The maximum atomic E-state index is 12.4. The fourth-order valence-electron chi connectivity index (χ4n) is 2.63. The van der Waals surface area contributed by atoms with Crippen molar-refractivity contribution in [3.8, 4) is 0 Å². The first-order chi connectivity index (χ1) is 9.37. The Balaban J connectivity index is 2.60. The van der Waals surface area contributed by atoms with Crippen LogP contribution in [0.15, 0.2) is 0 Å². The van der Waals surface area contributed by atoms with E-state index in [1.54, 1.807) is 0 Å². The summed E-state index contributed by atoms with van der Waals surface area (Å²) in [6.07, 6.45) is 5.00. The van der Waals surface area contributed by atoms with Gasteiger partial charge in [0, 0.05) is 26.7 Å². The molecule has 118 valence electrons. The summed E-state index contributed by atoms with van der Waals surface area (Å²) in [4.78, 5) is 10.5. The third kappa shape index (κ3) is 5.03. The average Bonchev–Trinajstić information content (AvgIpc) is 2.62. The first-order valence-electron chi connectivity index (χ1n) is 7.31. The molecule has 0 bridgehead atoms. The maximum absolute atomic E-state index is 12.4. The molecule has 20 heavy (non-hydrogen) atoms. The number of rotatable bonds is 7. The molecule has 0 aliphatic carbocycles. The Morgan fingerprint density at radius 1 is 1.35 bits per heavy atom. The minimum Gasteiger partial charge on any atom is -0.481 e. The quantitative estimate of drug-likeness (QED) is 0.774. The number of nitrogens with zero attached hydrogens (tertiary/aromatic N) is 2. The van der Waals surface area contributed by atoms with Gasteiger partial charge in [0.1, 0.15) is 0 Å². The molecular formula is C13H26N2O4S. The molecule has 0 radical (unpaired) electrons. The molecule has 0 spiro atoms. The molecule has 6 nitrogen and oxygen atoms in total. The lowest BCUT2D eigenvalue weighted by atomic mass is 9.96. The van der Waals surface area contributed by atoms with Gasteiger partial charge >= 0.3 is 5.97 Å². The van der Waals surface area contributed by atoms with E-state index in [-0.39, 0.29) is 13.0 Å². The molecular weight excluding hydrogens is 280 g/mol. The van der Waals surface area contributed by atoms with Crippen molar-refractivity contribution in [3.63, 3.8) is 0 Å². The van der Waals surface area contributed by atoms with E-state index in [0.29, 0.717) is 19.0 Å². The van der Waals surface area contributed by atoms with Crippen LogP contribution in [0.3, 0.4) is 0 Å². The third-order valence-corrected chi connectivity index (χ3v) is 5.85. The van der Waals surface area contributed by atoms with E-state index >= 15 is 0 Å². The van der Waals surface area contributed by atoms with E-state index < -0.39 is 16.2 Å². The zero-order valence-corrected chi connectivity index (χ0v) is 13.2. The van der Waals surface area contributed by atoms with Gasteiger partial charge in [0.15, 0.2) is 0 Å². The maximum Gasteiger partial charge on any atom is 0.304 e. The van der Waals surface area contributed by atoms with Gasteiger partial charge in [0.05, 0.1) is 6.42 Å². The Labute approximate surface area is 121 Å². The number of carboxylic acids is 1. The molecule has 0 aromatic heterocycles. The zero-order chi connectivity index (χ0) is 15.2. The zero-order valence-electron chi connectivity index (χ0n) is 12.4. The van der Waals surface area contributed by atoms with Crippen LogP contribution < -0.4 is 0 Å². The SMILES string of the molecule is CCCC1CCCN(S(=O)(=O)N(C)CCC(=O)O)CC1. The van der Waals surface area contributed by atoms with E-state index in [1.165, 1.54) is 11.4 Å². The molecule has 1 saturated heterocycles. The molecule has 0 aromatic carbocycles. The summed E-state index contributed by atoms with van der Waals surface area (Å²) >= 11 is 0. The first-order valence-corrected chi connectivity index (χ1v) is 8.70. The Hall–Kier alpha value is -0.660. The summed E-state index contributed by atoms with van der Waals surface area (Å²) in [6, 6.07) is 0. The second-order valence-corrected chi connectivity index (χ2v) is 7.49. The van der Waals surface area contributed by atoms with Crippen LogP contribution in [0.1, 0.15) is 45.4 Å². The van der Waals surface area contributed by atoms with Gasteiger partial charge in [-0.3, -0.25) is 4.79 Å². The van der Waals surface area contributed by atoms with Gasteiger partial charge in [0.25, 0.3) is 10.2 Å². The van der Waals surface area contributed by atoms with Crippen molar-refractivity contribution in [1.82, 2.24) is 8.61 Å². The van der Waals surface area contributed by atoms with Gasteiger partial charge in [-0.05, 0) is 25.2 Å². The monoisotopic (exact) mass is 306 g/mol. The predicted molar refractivity (Wildman–Crippen MR) is 77.6 cm³/mol. The average molecular weight is 306 g/mol. The molecule has 1 unspecified atom stereocenters. The molecule has 1 aliphatic rings. The normalized spacial score (nSPS) is 21.9. The lowest BCUT2D eigenvalue weighted by molar-refractivity contribution is -0.137. The number of hydrogen-bond donors (Lipinski definition) is 1. The molecule has 1 atom stereocenters. The highest BCUT2D eigenvalue weighted by Gasteiger charge is 2.29. The molecule has 1 N–H and O–H groups in total. The molecule has 1 aliphatic heterocycles. The van der Waals surface area contributed by atoms with Gasteiger partial charge in [-0.2, -0.15) is 17.0 Å². The second kappa shape index (κ2) is 7.95. The molecule has 1 rings (SSSR count). The largest absolute Gasteiger partial charge is 0.481 e. The second-order valence-electron chi connectivity index (χ2n) is 5.46. The molecule has 0 amide bonds. The summed E-state index contributed by atoms with van der Waals surface area (Å²) in [7, 11) is -2.06. The summed E-state index contributed by atoms with van der Waals surface area (Å²) in [5, 5.41) is 8.64. The van der Waals surface area contributed by atoms with Gasteiger partial charge in [-0.25, -0.2) is 0 Å². The van der Waals surface area contributed by atoms with Crippen LogP contribution in [0.4, 0.5) is 0 Å². The van der Waals surface area contributed by atoms with Gasteiger partial charge < -0.3 is 5.11 Å². The molecule has 0 aromatic rings. The lowest BCUT2D eigenvalue weighted by Crippen LogP contribution is -2.43. The molecule has 1 fully saturated rings. The van der Waals surface area contributed by atoms with Crippen LogP contribution in [-0.2, 0) is 15.0 Å². The van der Waals surface area contributed by atoms with Crippen molar-refractivity contribution < 1.29 is 18.3 Å². The highest BCUT2D eigenvalue weighted by Crippen LogP contribution is 2.24. The topological polar surface area (TPSA) is 77.9 Å². The van der Waals surface area contributed by atoms with E-state index in [4.69, 9.17) is 5.11 Å². The number of aliphatic carboxylic acids is 1. The first kappa shape index (κ1) is 17.4. The van der Waals surface area contributed by atoms with Crippen LogP contribution in [0.25, 0.3) is 0 Å². The van der Waals surface area contributed by atoms with Gasteiger partial charge in [-0.1, -0.05) is 19.8 Å². The summed E-state index contributed by atoms with van der Waals surface area (Å²) < 4.78 is 27.4. The Kier molecular flexibility index (Phi) is 6.91. The Morgan fingerprint density at radius 3 is 2.65 bits per heavy atom. The fraction of sp³-hybridized carbons (Fsp3) is 0.923. The van der Waals surface area contributed by atoms with E-state index in [0.717, 1.165) is 36.4 Å². The van der Waals surface area contributed by atoms with E-state index in [2.05, 4.69) is 6.92 Å². The number of carboxylic acid groups (broad SMARTS) is 1. The minimum atomic E-state index is -3.52. The van der Waals surface area contributed by atoms with Crippen LogP contribution in [0.5, 0.6) is 0 Å². The standard InChI is InChI=1S/C13H26N2O4S/c1-3-5-12-6-4-9-15(11-7-12)20(18,19)14(2)10-8-13(16)17/h12H,3-11H2,1-2H3,(H,16,17). The molecule has 1 heterocycles. The van der Waals surface area contributed by atoms with Crippen molar-refractivity contribution in [2.45, 2.75) is 45.4 Å². The highest BCUT2D eigenvalue weighted by atomic mass is 32.2. The molecule has 0 saturated carbocycles. The van der Waals surface area contributed by atoms with Crippen molar-refractivity contribution in [2.24, 2.45) is 5.92 Å². The smallest absolute Gasteiger partial charge is 0.304 e. The molecule has 7 heteroatoms. The van der Waals surface area contributed by atoms with Gasteiger partial charge in [0.2, 0.25) is 0 Å². The van der Waals surface area contributed by atoms with Crippen LogP contribution in [-0.4, -0.2) is 54.8 Å². The van der Waals surface area contributed by atoms with Crippen molar-refractivity contribution >= 4 is 16.2 Å². The third-order valence-electron chi connectivity index (χ3n) is 3.86. The van der Waals surface area contributed by atoms with Crippen molar-refractivity contribution in [2.75, 3.05) is 26.7 Å². The fourth-order valence-corrected chi connectivity index (χ4v) is 4.04. The van der Waals surface area contributed by atoms with Crippen LogP contribution >= 0.6 is 0 Å². The summed E-state index contributed by atoms with van der Waals surface area (Å²) in [5.41, 5.74) is 0.